The van der Waals surface area contributed by atoms with Crippen LogP contribution in [0.25, 0.3) is 0 Å². The molecule has 0 bridgehead atoms. The molecular weight excluding hydrogens is 298 g/mol. The first kappa shape index (κ1) is 16.7. The Bertz CT molecular complexity index is 666. The first-order valence-electron chi connectivity index (χ1n) is 8.66. The normalized spacial score (nSPS) is 18.8. The van der Waals surface area contributed by atoms with Crippen LogP contribution in [-0.2, 0) is 4.79 Å². The minimum absolute atomic E-state index is 0.00328. The molecule has 1 aromatic heterocycles. The number of aromatic nitrogens is 1. The summed E-state index contributed by atoms with van der Waals surface area (Å²) in [6.07, 6.45) is 6.22. The van der Waals surface area contributed by atoms with Crippen LogP contribution in [0.2, 0.25) is 0 Å². The minimum Gasteiger partial charge on any atom is -0.343 e. The van der Waals surface area contributed by atoms with Gasteiger partial charge in [-0.05, 0) is 17.7 Å². The zero-order chi connectivity index (χ0) is 17.0. The van der Waals surface area contributed by atoms with Crippen molar-refractivity contribution in [2.45, 2.75) is 31.8 Å². The van der Waals surface area contributed by atoms with Gasteiger partial charge in [-0.3, -0.25) is 9.78 Å². The summed E-state index contributed by atoms with van der Waals surface area (Å²) in [7, 11) is 2.31. The standard InChI is InChI=1S/C20H25N3O/c1-16(24)22-19(17-9-4-3-5-10-17)20(18-11-8-12-21-15-18)23(2)13-6-7-14-23/h3-5,8-12,15,19-20H,6-7,13-14H2,1-2H3/p+1/t19-,20?/m0/s1. The molecule has 0 radical (unpaired) electrons. The van der Waals surface area contributed by atoms with Gasteiger partial charge in [0.25, 0.3) is 0 Å². The summed E-state index contributed by atoms with van der Waals surface area (Å²) in [4.78, 5) is 16.3. The Balaban J connectivity index is 2.08. The fraction of sp³-hybridized carbons (Fsp3) is 0.400. The maximum Gasteiger partial charge on any atom is 0.217 e. The fourth-order valence-electron chi connectivity index (χ4n) is 4.02. The van der Waals surface area contributed by atoms with Gasteiger partial charge in [0.2, 0.25) is 5.91 Å². The predicted molar refractivity (Wildman–Crippen MR) is 95.1 cm³/mol. The molecule has 4 heteroatoms. The van der Waals surface area contributed by atoms with Crippen molar-refractivity contribution in [3.63, 3.8) is 0 Å². The lowest BCUT2D eigenvalue weighted by molar-refractivity contribution is -0.930. The van der Waals surface area contributed by atoms with Crippen LogP contribution in [0.5, 0.6) is 0 Å². The van der Waals surface area contributed by atoms with Crippen LogP contribution < -0.4 is 5.32 Å². The van der Waals surface area contributed by atoms with Crippen LogP contribution in [0.15, 0.2) is 54.9 Å². The maximum absolute atomic E-state index is 11.9. The smallest absolute Gasteiger partial charge is 0.217 e. The van der Waals surface area contributed by atoms with E-state index in [-0.39, 0.29) is 18.0 Å². The molecule has 0 spiro atoms. The average Bonchev–Trinajstić information content (AvgIpc) is 3.03. The van der Waals surface area contributed by atoms with E-state index >= 15 is 0 Å². The van der Waals surface area contributed by atoms with Gasteiger partial charge in [0.15, 0.2) is 0 Å². The molecule has 24 heavy (non-hydrogen) atoms. The van der Waals surface area contributed by atoms with Gasteiger partial charge in [0.05, 0.1) is 20.1 Å². The maximum atomic E-state index is 11.9. The number of rotatable bonds is 5. The van der Waals surface area contributed by atoms with Crippen molar-refractivity contribution < 1.29 is 9.28 Å². The third kappa shape index (κ3) is 3.49. The number of pyridine rings is 1. The van der Waals surface area contributed by atoms with Crippen molar-refractivity contribution in [3.05, 3.63) is 66.0 Å². The number of quaternary nitrogens is 1. The molecule has 2 atom stereocenters. The lowest BCUT2D eigenvalue weighted by atomic mass is 9.91. The van der Waals surface area contributed by atoms with Gasteiger partial charge in [-0.2, -0.15) is 0 Å². The second-order valence-electron chi connectivity index (χ2n) is 6.95. The van der Waals surface area contributed by atoms with E-state index in [0.29, 0.717) is 0 Å². The summed E-state index contributed by atoms with van der Waals surface area (Å²) in [5.41, 5.74) is 2.33. The molecule has 1 aromatic carbocycles. The van der Waals surface area contributed by atoms with E-state index in [9.17, 15) is 4.79 Å². The Kier molecular flexibility index (Phi) is 4.95. The van der Waals surface area contributed by atoms with Gasteiger partial charge in [0, 0.05) is 37.7 Å². The zero-order valence-corrected chi connectivity index (χ0v) is 14.5. The van der Waals surface area contributed by atoms with Crippen molar-refractivity contribution in [1.82, 2.24) is 10.3 Å². The second-order valence-corrected chi connectivity index (χ2v) is 6.95. The minimum atomic E-state index is -0.0593. The van der Waals surface area contributed by atoms with E-state index in [0.717, 1.165) is 23.1 Å². The number of nitrogens with zero attached hydrogens (tertiary/aromatic N) is 2. The molecule has 0 aliphatic carbocycles. The Morgan fingerprint density at radius 2 is 1.75 bits per heavy atom. The number of hydrogen-bond donors (Lipinski definition) is 1. The number of likely N-dealkylation sites (N-methyl/N-ethyl adjacent to an activating group) is 1. The monoisotopic (exact) mass is 324 g/mol. The summed E-state index contributed by atoms with van der Waals surface area (Å²) >= 11 is 0. The molecule has 1 aliphatic rings. The molecular formula is C20H26N3O+. The third-order valence-corrected chi connectivity index (χ3v) is 5.12. The topological polar surface area (TPSA) is 42.0 Å². The summed E-state index contributed by atoms with van der Waals surface area (Å²) in [6, 6.07) is 14.5. The first-order chi connectivity index (χ1) is 11.6. The lowest BCUT2D eigenvalue weighted by Crippen LogP contribution is -2.50. The van der Waals surface area contributed by atoms with E-state index in [1.807, 2.05) is 30.5 Å². The summed E-state index contributed by atoms with van der Waals surface area (Å²) in [6.45, 7) is 3.85. The van der Waals surface area contributed by atoms with E-state index in [4.69, 9.17) is 0 Å². The number of benzene rings is 1. The van der Waals surface area contributed by atoms with Crippen molar-refractivity contribution in [2.75, 3.05) is 20.1 Å². The number of likely N-dealkylation sites (tertiary alicyclic amines) is 1. The van der Waals surface area contributed by atoms with Crippen LogP contribution in [-0.4, -0.2) is 35.5 Å². The first-order valence-corrected chi connectivity index (χ1v) is 8.66. The molecule has 3 rings (SSSR count). The molecule has 1 N–H and O–H groups in total. The Morgan fingerprint density at radius 3 is 2.33 bits per heavy atom. The van der Waals surface area contributed by atoms with Crippen LogP contribution in [0.1, 0.15) is 43.0 Å². The van der Waals surface area contributed by atoms with Crippen LogP contribution in [0.4, 0.5) is 0 Å². The van der Waals surface area contributed by atoms with Crippen molar-refractivity contribution >= 4 is 5.91 Å². The van der Waals surface area contributed by atoms with Crippen molar-refractivity contribution in [2.24, 2.45) is 0 Å². The summed E-state index contributed by atoms with van der Waals surface area (Å²) < 4.78 is 0.936. The summed E-state index contributed by atoms with van der Waals surface area (Å²) in [5, 5.41) is 3.21. The van der Waals surface area contributed by atoms with E-state index in [2.05, 4.69) is 35.5 Å². The van der Waals surface area contributed by atoms with Gasteiger partial charge in [-0.1, -0.05) is 30.3 Å². The molecule has 1 aliphatic heterocycles. The number of nitrogens with one attached hydrogen (secondary N) is 1. The number of carbonyl (C=O) groups is 1. The Morgan fingerprint density at radius 1 is 1.08 bits per heavy atom. The quantitative estimate of drug-likeness (QED) is 0.858. The Hall–Kier alpha value is -2.20. The van der Waals surface area contributed by atoms with E-state index in [1.165, 1.54) is 18.4 Å². The molecule has 2 heterocycles. The highest BCUT2D eigenvalue weighted by molar-refractivity contribution is 5.73. The zero-order valence-electron chi connectivity index (χ0n) is 14.5. The highest BCUT2D eigenvalue weighted by Crippen LogP contribution is 2.40. The van der Waals surface area contributed by atoms with Crippen molar-refractivity contribution in [3.8, 4) is 0 Å². The molecule has 126 valence electrons. The third-order valence-electron chi connectivity index (χ3n) is 5.12. The van der Waals surface area contributed by atoms with Crippen LogP contribution in [0.3, 0.4) is 0 Å². The highest BCUT2D eigenvalue weighted by Gasteiger charge is 2.43. The molecule has 1 saturated heterocycles. The number of amides is 1. The van der Waals surface area contributed by atoms with Gasteiger partial charge in [-0.15, -0.1) is 0 Å². The Labute approximate surface area is 144 Å². The van der Waals surface area contributed by atoms with Crippen molar-refractivity contribution in [1.29, 1.82) is 0 Å². The molecule has 1 unspecified atom stereocenters. The number of carbonyl (C=O) groups excluding carboxylic acids is 1. The summed E-state index contributed by atoms with van der Waals surface area (Å²) in [5.74, 6) is 0.00328. The van der Waals surface area contributed by atoms with Crippen LogP contribution in [0, 0.1) is 0 Å². The molecule has 4 nitrogen and oxygen atoms in total. The largest absolute Gasteiger partial charge is 0.343 e. The van der Waals surface area contributed by atoms with E-state index < -0.39 is 0 Å². The highest BCUT2D eigenvalue weighted by atomic mass is 16.1. The van der Waals surface area contributed by atoms with Gasteiger partial charge >= 0.3 is 0 Å². The fourth-order valence-corrected chi connectivity index (χ4v) is 4.02. The molecule has 1 amide bonds. The van der Waals surface area contributed by atoms with Gasteiger partial charge in [-0.25, -0.2) is 0 Å². The molecule has 2 aromatic rings. The van der Waals surface area contributed by atoms with E-state index in [1.54, 1.807) is 13.1 Å². The van der Waals surface area contributed by atoms with Crippen LogP contribution >= 0.6 is 0 Å². The molecule has 1 fully saturated rings. The number of hydrogen-bond acceptors (Lipinski definition) is 2. The van der Waals surface area contributed by atoms with Gasteiger partial charge in [0.1, 0.15) is 12.1 Å². The lowest BCUT2D eigenvalue weighted by Gasteiger charge is -2.42. The van der Waals surface area contributed by atoms with Gasteiger partial charge < -0.3 is 9.80 Å². The second kappa shape index (κ2) is 7.14. The predicted octanol–water partition coefficient (Wildman–Crippen LogP) is 3.24. The average molecular weight is 324 g/mol. The SMILES string of the molecule is CC(=O)N[C@@H](c1ccccc1)C(c1cccnc1)[N+]1(C)CCCC1. The molecule has 0 saturated carbocycles.